The quantitative estimate of drug-likeness (QED) is 0.749. The molecule has 1 N–H and O–H groups in total. The van der Waals surface area contributed by atoms with Gasteiger partial charge in [0, 0.05) is 18.2 Å². The van der Waals surface area contributed by atoms with Crippen molar-refractivity contribution in [1.29, 1.82) is 0 Å². The molecule has 2 aliphatic heterocycles. The standard InChI is InChI=1S/C17H19FN2O5S2/c18-12-3-1-11(2-4-12)7-8-20-13-9-27(24,25)10-14(13)26-17(20)19-15(21)5-6-16(22)23/h1-4,13-14H,5-10H2,(H,22,23)/t13-,14+/m0/s1. The number of carboxylic acids is 1. The number of fused-ring (bicyclic) bond motifs is 1. The van der Waals surface area contributed by atoms with Gasteiger partial charge in [0.2, 0.25) is 5.91 Å². The van der Waals surface area contributed by atoms with E-state index in [4.69, 9.17) is 5.11 Å². The van der Waals surface area contributed by atoms with Crippen LogP contribution in [0, 0.1) is 5.82 Å². The Morgan fingerprint density at radius 2 is 1.93 bits per heavy atom. The van der Waals surface area contributed by atoms with Crippen molar-refractivity contribution in [2.45, 2.75) is 30.6 Å². The first kappa shape index (κ1) is 19.8. The Kier molecular flexibility index (Phi) is 5.85. The number of hydrogen-bond donors (Lipinski definition) is 1. The molecule has 2 aliphatic rings. The summed E-state index contributed by atoms with van der Waals surface area (Å²) >= 11 is 1.26. The molecule has 0 saturated carbocycles. The average Bonchev–Trinajstić information content (AvgIpc) is 3.04. The highest BCUT2D eigenvalue weighted by Gasteiger charge is 2.48. The second kappa shape index (κ2) is 7.97. The van der Waals surface area contributed by atoms with Gasteiger partial charge in [0.05, 0.1) is 24.0 Å². The maximum absolute atomic E-state index is 13.0. The lowest BCUT2D eigenvalue weighted by Crippen LogP contribution is -2.39. The number of aliphatic carboxylic acids is 1. The molecule has 146 valence electrons. The number of nitrogens with zero attached hydrogens (tertiary/aromatic N) is 2. The highest BCUT2D eigenvalue weighted by Crippen LogP contribution is 2.38. The van der Waals surface area contributed by atoms with Crippen LogP contribution in [-0.4, -0.2) is 64.8 Å². The Balaban J connectivity index is 1.74. The molecule has 2 saturated heterocycles. The second-order valence-corrected chi connectivity index (χ2v) is 9.91. The molecule has 1 aromatic rings. The van der Waals surface area contributed by atoms with Gasteiger partial charge in [-0.15, -0.1) is 0 Å². The first-order valence-electron chi connectivity index (χ1n) is 8.45. The molecule has 27 heavy (non-hydrogen) atoms. The van der Waals surface area contributed by atoms with Crippen LogP contribution in [0.15, 0.2) is 29.3 Å². The molecular formula is C17H19FN2O5S2. The minimum Gasteiger partial charge on any atom is -0.481 e. The lowest BCUT2D eigenvalue weighted by molar-refractivity contribution is -0.138. The normalized spacial score (nSPS) is 24.9. The first-order chi connectivity index (χ1) is 12.7. The van der Waals surface area contributed by atoms with E-state index in [0.717, 1.165) is 5.56 Å². The van der Waals surface area contributed by atoms with Crippen LogP contribution in [-0.2, 0) is 25.8 Å². The zero-order valence-electron chi connectivity index (χ0n) is 14.4. The fourth-order valence-corrected chi connectivity index (χ4v) is 7.17. The summed E-state index contributed by atoms with van der Waals surface area (Å²) in [6.07, 6.45) is 0.0579. The molecule has 0 bridgehead atoms. The van der Waals surface area contributed by atoms with Crippen LogP contribution in [0.1, 0.15) is 18.4 Å². The smallest absolute Gasteiger partial charge is 0.303 e. The molecule has 0 radical (unpaired) electrons. The highest BCUT2D eigenvalue weighted by molar-refractivity contribution is 8.15. The summed E-state index contributed by atoms with van der Waals surface area (Å²) in [5, 5.41) is 8.94. The predicted octanol–water partition coefficient (Wildman–Crippen LogP) is 1.33. The predicted molar refractivity (Wildman–Crippen MR) is 99.9 cm³/mol. The summed E-state index contributed by atoms with van der Waals surface area (Å²) in [5.41, 5.74) is 0.891. The zero-order valence-corrected chi connectivity index (χ0v) is 16.0. The molecule has 2 heterocycles. The number of amidine groups is 1. The van der Waals surface area contributed by atoms with Gasteiger partial charge in [0.1, 0.15) is 5.82 Å². The van der Waals surface area contributed by atoms with Crippen molar-refractivity contribution in [3.05, 3.63) is 35.6 Å². The van der Waals surface area contributed by atoms with Crippen LogP contribution in [0.3, 0.4) is 0 Å². The molecule has 0 spiro atoms. The number of sulfone groups is 1. The highest BCUT2D eigenvalue weighted by atomic mass is 32.2. The van der Waals surface area contributed by atoms with Gasteiger partial charge < -0.3 is 10.0 Å². The van der Waals surface area contributed by atoms with Crippen molar-refractivity contribution in [3.8, 4) is 0 Å². The van der Waals surface area contributed by atoms with Gasteiger partial charge in [0.25, 0.3) is 0 Å². The van der Waals surface area contributed by atoms with E-state index >= 15 is 0 Å². The van der Waals surface area contributed by atoms with Gasteiger partial charge in [-0.25, -0.2) is 12.8 Å². The van der Waals surface area contributed by atoms with Crippen LogP contribution >= 0.6 is 11.8 Å². The van der Waals surface area contributed by atoms with E-state index in [0.29, 0.717) is 18.1 Å². The van der Waals surface area contributed by atoms with Crippen molar-refractivity contribution in [2.24, 2.45) is 4.99 Å². The largest absolute Gasteiger partial charge is 0.481 e. The Morgan fingerprint density at radius 1 is 1.22 bits per heavy atom. The van der Waals surface area contributed by atoms with Crippen molar-refractivity contribution in [2.75, 3.05) is 18.1 Å². The molecule has 7 nitrogen and oxygen atoms in total. The number of amides is 1. The number of benzene rings is 1. The average molecular weight is 414 g/mol. The topological polar surface area (TPSA) is 104 Å². The van der Waals surface area contributed by atoms with Crippen LogP contribution < -0.4 is 0 Å². The number of carbonyl (C=O) groups is 2. The van der Waals surface area contributed by atoms with Gasteiger partial charge in [-0.05, 0) is 24.1 Å². The first-order valence-corrected chi connectivity index (χ1v) is 11.1. The third-order valence-corrected chi connectivity index (χ3v) is 7.75. The van der Waals surface area contributed by atoms with Gasteiger partial charge in [-0.3, -0.25) is 9.59 Å². The molecular weight excluding hydrogens is 395 g/mol. The van der Waals surface area contributed by atoms with E-state index in [9.17, 15) is 22.4 Å². The van der Waals surface area contributed by atoms with Crippen LogP contribution in [0.4, 0.5) is 4.39 Å². The number of thioether (sulfide) groups is 1. The SMILES string of the molecule is O=C(O)CCC(=O)N=C1S[C@@H]2CS(=O)(=O)C[C@@H]2N1CCc1ccc(F)cc1. The number of rotatable bonds is 6. The molecule has 2 fully saturated rings. The summed E-state index contributed by atoms with van der Waals surface area (Å²) in [5.74, 6) is -1.88. The van der Waals surface area contributed by atoms with Crippen molar-refractivity contribution in [1.82, 2.24) is 4.90 Å². The summed E-state index contributed by atoms with van der Waals surface area (Å²) in [6, 6.07) is 5.79. The Morgan fingerprint density at radius 3 is 2.59 bits per heavy atom. The molecule has 0 unspecified atom stereocenters. The number of carboxylic acid groups (broad SMARTS) is 1. The molecule has 2 atom stereocenters. The number of carbonyl (C=O) groups excluding carboxylic acids is 1. The van der Waals surface area contributed by atoms with Crippen molar-refractivity contribution in [3.63, 3.8) is 0 Å². The van der Waals surface area contributed by atoms with Gasteiger partial charge in [-0.1, -0.05) is 23.9 Å². The van der Waals surface area contributed by atoms with Crippen LogP contribution in [0.5, 0.6) is 0 Å². The third kappa shape index (κ3) is 5.07. The minimum atomic E-state index is -3.13. The molecule has 1 amide bonds. The number of halogens is 1. The lowest BCUT2D eigenvalue weighted by atomic mass is 10.1. The number of hydrogen-bond acceptors (Lipinski definition) is 5. The zero-order chi connectivity index (χ0) is 19.6. The fraction of sp³-hybridized carbons (Fsp3) is 0.471. The van der Waals surface area contributed by atoms with E-state index in [1.54, 1.807) is 12.1 Å². The Hall–Kier alpha value is -1.94. The van der Waals surface area contributed by atoms with Crippen LogP contribution in [0.2, 0.25) is 0 Å². The third-order valence-electron chi connectivity index (χ3n) is 4.50. The minimum absolute atomic E-state index is 0.0103. The Bertz CT molecular complexity index is 870. The Labute approximate surface area is 160 Å². The van der Waals surface area contributed by atoms with E-state index in [1.165, 1.54) is 23.9 Å². The maximum atomic E-state index is 13.0. The second-order valence-electron chi connectivity index (χ2n) is 6.55. The van der Waals surface area contributed by atoms with Gasteiger partial charge in [0.15, 0.2) is 15.0 Å². The fourth-order valence-electron chi connectivity index (χ4n) is 3.17. The molecule has 1 aromatic carbocycles. The monoisotopic (exact) mass is 414 g/mol. The summed E-state index contributed by atoms with van der Waals surface area (Å²) in [6.45, 7) is 0.445. The molecule has 0 aliphatic carbocycles. The van der Waals surface area contributed by atoms with E-state index in [-0.39, 0.29) is 41.5 Å². The van der Waals surface area contributed by atoms with Crippen LogP contribution in [0.25, 0.3) is 0 Å². The number of aliphatic imine (C=N–C) groups is 1. The summed E-state index contributed by atoms with van der Waals surface area (Å²) < 4.78 is 37.0. The van der Waals surface area contributed by atoms with Gasteiger partial charge >= 0.3 is 5.97 Å². The summed E-state index contributed by atoms with van der Waals surface area (Å²) in [7, 11) is -3.13. The molecule has 10 heteroatoms. The van der Waals surface area contributed by atoms with E-state index < -0.39 is 21.7 Å². The maximum Gasteiger partial charge on any atom is 0.303 e. The van der Waals surface area contributed by atoms with Gasteiger partial charge in [-0.2, -0.15) is 4.99 Å². The van der Waals surface area contributed by atoms with Crippen molar-refractivity contribution >= 4 is 38.6 Å². The van der Waals surface area contributed by atoms with E-state index in [1.807, 2.05) is 4.90 Å². The lowest BCUT2D eigenvalue weighted by Gasteiger charge is -2.24. The molecule has 0 aromatic heterocycles. The molecule has 3 rings (SSSR count). The van der Waals surface area contributed by atoms with Crippen molar-refractivity contribution < 1.29 is 27.5 Å². The summed E-state index contributed by atoms with van der Waals surface area (Å²) in [4.78, 5) is 28.4. The van der Waals surface area contributed by atoms with E-state index in [2.05, 4.69) is 4.99 Å².